The Labute approximate surface area is 140 Å². The predicted octanol–water partition coefficient (Wildman–Crippen LogP) is 2.66. The number of benzene rings is 1. The molecule has 1 unspecified atom stereocenters. The minimum absolute atomic E-state index is 0.0464. The van der Waals surface area contributed by atoms with Crippen molar-refractivity contribution in [3.63, 3.8) is 0 Å². The van der Waals surface area contributed by atoms with Crippen LogP contribution in [0.2, 0.25) is 5.02 Å². The summed E-state index contributed by atoms with van der Waals surface area (Å²) < 4.78 is 0. The van der Waals surface area contributed by atoms with Crippen LogP contribution in [0.4, 0.5) is 0 Å². The van der Waals surface area contributed by atoms with Crippen molar-refractivity contribution in [2.75, 3.05) is 19.6 Å². The molecule has 0 saturated carbocycles. The van der Waals surface area contributed by atoms with Gasteiger partial charge in [-0.25, -0.2) is 0 Å². The molecule has 0 bridgehead atoms. The van der Waals surface area contributed by atoms with Crippen LogP contribution < -0.4 is 0 Å². The average molecular weight is 337 g/mol. The summed E-state index contributed by atoms with van der Waals surface area (Å²) in [5.41, 5.74) is 0.244. The maximum absolute atomic E-state index is 12.6. The highest BCUT2D eigenvalue weighted by Gasteiger charge is 2.30. The van der Waals surface area contributed by atoms with Crippen LogP contribution in [0.3, 0.4) is 0 Å². The molecule has 124 valence electrons. The zero-order chi connectivity index (χ0) is 16.4. The average Bonchev–Trinajstić information content (AvgIpc) is 2.82. The van der Waals surface area contributed by atoms with Crippen LogP contribution in [0.25, 0.3) is 0 Å². The number of carbonyl (C=O) groups is 2. The van der Waals surface area contributed by atoms with E-state index in [1.165, 1.54) is 12.1 Å². The second-order valence-corrected chi connectivity index (χ2v) is 6.67. The molecule has 23 heavy (non-hydrogen) atoms. The van der Waals surface area contributed by atoms with E-state index in [1.807, 2.05) is 4.90 Å². The van der Waals surface area contributed by atoms with Crippen molar-refractivity contribution in [1.29, 1.82) is 0 Å². The van der Waals surface area contributed by atoms with Gasteiger partial charge in [0.05, 0.1) is 5.56 Å². The molecule has 2 aliphatic rings. The van der Waals surface area contributed by atoms with Crippen LogP contribution in [0.1, 0.15) is 42.5 Å². The zero-order valence-electron chi connectivity index (χ0n) is 13.0. The van der Waals surface area contributed by atoms with Gasteiger partial charge in [-0.2, -0.15) is 0 Å². The summed E-state index contributed by atoms with van der Waals surface area (Å²) >= 11 is 5.93. The van der Waals surface area contributed by atoms with E-state index >= 15 is 0 Å². The van der Waals surface area contributed by atoms with Gasteiger partial charge in [0, 0.05) is 37.1 Å². The van der Waals surface area contributed by atoms with E-state index in [4.69, 9.17) is 11.6 Å². The largest absolute Gasteiger partial charge is 0.507 e. The molecular weight excluding hydrogens is 316 g/mol. The molecule has 6 heteroatoms. The number of halogens is 1. The molecule has 5 nitrogen and oxygen atoms in total. The lowest BCUT2D eigenvalue weighted by molar-refractivity contribution is -0.129. The summed E-state index contributed by atoms with van der Waals surface area (Å²) in [7, 11) is 0. The van der Waals surface area contributed by atoms with Crippen molar-refractivity contribution >= 4 is 23.4 Å². The summed E-state index contributed by atoms with van der Waals surface area (Å²) in [5.74, 6) is -0.00409. The Morgan fingerprint density at radius 2 is 2.00 bits per heavy atom. The molecule has 2 aliphatic heterocycles. The third-order valence-corrected chi connectivity index (χ3v) is 4.96. The highest BCUT2D eigenvalue weighted by Crippen LogP contribution is 2.26. The smallest absolute Gasteiger partial charge is 0.257 e. The summed E-state index contributed by atoms with van der Waals surface area (Å²) in [6, 6.07) is 4.74. The molecule has 2 heterocycles. The lowest BCUT2D eigenvalue weighted by Crippen LogP contribution is -2.37. The molecule has 0 spiro atoms. The molecule has 1 aromatic rings. The highest BCUT2D eigenvalue weighted by molar-refractivity contribution is 6.31. The first-order chi connectivity index (χ1) is 11.1. The molecular formula is C17H21ClN2O3. The second-order valence-electron chi connectivity index (χ2n) is 6.23. The maximum atomic E-state index is 12.6. The molecule has 2 saturated heterocycles. The molecule has 0 radical (unpaired) electrons. The number of hydrogen-bond acceptors (Lipinski definition) is 3. The lowest BCUT2D eigenvalue weighted by Gasteiger charge is -2.27. The van der Waals surface area contributed by atoms with Crippen LogP contribution in [0, 0.1) is 0 Å². The Kier molecular flexibility index (Phi) is 4.76. The fourth-order valence-corrected chi connectivity index (χ4v) is 3.67. The fraction of sp³-hybridized carbons (Fsp3) is 0.529. The van der Waals surface area contributed by atoms with Crippen molar-refractivity contribution in [2.24, 2.45) is 0 Å². The quantitative estimate of drug-likeness (QED) is 0.903. The first-order valence-electron chi connectivity index (χ1n) is 8.13. The number of hydrogen-bond donors (Lipinski definition) is 1. The number of nitrogens with zero attached hydrogens (tertiary/aromatic N) is 2. The normalized spacial score (nSPS) is 22.3. The van der Waals surface area contributed by atoms with Crippen molar-refractivity contribution in [1.82, 2.24) is 9.80 Å². The van der Waals surface area contributed by atoms with Gasteiger partial charge in [0.2, 0.25) is 5.91 Å². The van der Waals surface area contributed by atoms with Crippen LogP contribution in [-0.4, -0.2) is 52.4 Å². The summed E-state index contributed by atoms with van der Waals surface area (Å²) in [5, 5.41) is 10.3. The number of aromatic hydroxyl groups is 1. The third-order valence-electron chi connectivity index (χ3n) is 4.72. The van der Waals surface area contributed by atoms with Crippen LogP contribution >= 0.6 is 11.6 Å². The summed E-state index contributed by atoms with van der Waals surface area (Å²) in [6.07, 6.45) is 4.17. The van der Waals surface area contributed by atoms with E-state index in [0.29, 0.717) is 24.5 Å². The van der Waals surface area contributed by atoms with Crippen molar-refractivity contribution < 1.29 is 14.7 Å². The van der Waals surface area contributed by atoms with Gasteiger partial charge in [-0.05, 0) is 43.9 Å². The monoisotopic (exact) mass is 336 g/mol. The SMILES string of the molecule is O=C(c1cc(Cl)ccc1O)N1CCCC(N2CCCC2=O)CC1. The lowest BCUT2D eigenvalue weighted by atomic mass is 10.1. The molecule has 1 aromatic carbocycles. The Hall–Kier alpha value is -1.75. The summed E-state index contributed by atoms with van der Waals surface area (Å²) in [4.78, 5) is 28.3. The van der Waals surface area contributed by atoms with Crippen molar-refractivity contribution in [2.45, 2.75) is 38.1 Å². The molecule has 0 aromatic heterocycles. The first kappa shape index (κ1) is 16.1. The third kappa shape index (κ3) is 3.44. The number of phenolic OH excluding ortho intramolecular Hbond substituents is 1. The van der Waals surface area contributed by atoms with Gasteiger partial charge in [0.15, 0.2) is 0 Å². The van der Waals surface area contributed by atoms with Crippen molar-refractivity contribution in [3.05, 3.63) is 28.8 Å². The molecule has 1 N–H and O–H groups in total. The first-order valence-corrected chi connectivity index (χ1v) is 8.51. The molecule has 3 rings (SSSR count). The van der Waals surface area contributed by atoms with Gasteiger partial charge in [-0.1, -0.05) is 11.6 Å². The van der Waals surface area contributed by atoms with E-state index in [2.05, 4.69) is 0 Å². The standard InChI is InChI=1S/C17H21ClN2O3/c18-12-5-6-15(21)14(11-12)17(23)19-8-1-3-13(7-10-19)20-9-2-4-16(20)22/h5-6,11,13,21H,1-4,7-10H2. The van der Waals surface area contributed by atoms with E-state index < -0.39 is 0 Å². The van der Waals surface area contributed by atoms with Gasteiger partial charge in [-0.15, -0.1) is 0 Å². The Bertz CT molecular complexity index is 620. The molecule has 2 fully saturated rings. The number of phenols is 1. The predicted molar refractivity (Wildman–Crippen MR) is 87.6 cm³/mol. The Morgan fingerprint density at radius 1 is 1.17 bits per heavy atom. The van der Waals surface area contributed by atoms with E-state index in [-0.39, 0.29) is 29.2 Å². The van der Waals surface area contributed by atoms with Crippen LogP contribution in [0.5, 0.6) is 5.75 Å². The number of amides is 2. The van der Waals surface area contributed by atoms with Gasteiger partial charge in [-0.3, -0.25) is 9.59 Å². The van der Waals surface area contributed by atoms with Gasteiger partial charge in [0.1, 0.15) is 5.75 Å². The van der Waals surface area contributed by atoms with Crippen LogP contribution in [0.15, 0.2) is 18.2 Å². The fourth-order valence-electron chi connectivity index (χ4n) is 3.50. The van der Waals surface area contributed by atoms with Gasteiger partial charge >= 0.3 is 0 Å². The minimum Gasteiger partial charge on any atom is -0.507 e. The van der Waals surface area contributed by atoms with E-state index in [0.717, 1.165) is 32.2 Å². The molecule has 1 atom stereocenters. The zero-order valence-corrected chi connectivity index (χ0v) is 13.8. The van der Waals surface area contributed by atoms with E-state index in [1.54, 1.807) is 11.0 Å². The Morgan fingerprint density at radius 3 is 2.74 bits per heavy atom. The Balaban J connectivity index is 1.69. The van der Waals surface area contributed by atoms with Gasteiger partial charge < -0.3 is 14.9 Å². The highest BCUT2D eigenvalue weighted by atomic mass is 35.5. The van der Waals surface area contributed by atoms with E-state index in [9.17, 15) is 14.7 Å². The second kappa shape index (κ2) is 6.79. The van der Waals surface area contributed by atoms with Crippen molar-refractivity contribution in [3.8, 4) is 5.75 Å². The number of rotatable bonds is 2. The minimum atomic E-state index is -0.196. The topological polar surface area (TPSA) is 60.9 Å². The number of likely N-dealkylation sites (tertiary alicyclic amines) is 2. The maximum Gasteiger partial charge on any atom is 0.257 e. The van der Waals surface area contributed by atoms with Crippen LogP contribution in [-0.2, 0) is 4.79 Å². The molecule has 0 aliphatic carbocycles. The summed E-state index contributed by atoms with van der Waals surface area (Å²) in [6.45, 7) is 2.08. The van der Waals surface area contributed by atoms with Gasteiger partial charge in [0.25, 0.3) is 5.91 Å². The molecule has 2 amide bonds. The number of carbonyl (C=O) groups excluding carboxylic acids is 2.